The molecular formula is C23H22BrCl2N5O4. The van der Waals surface area contributed by atoms with Crippen LogP contribution in [-0.2, 0) is 16.1 Å². The Hall–Kier alpha value is -2.82. The van der Waals surface area contributed by atoms with Gasteiger partial charge in [-0.3, -0.25) is 0 Å². The van der Waals surface area contributed by atoms with E-state index in [1.807, 2.05) is 12.1 Å². The molecule has 0 saturated heterocycles. The first-order valence-electron chi connectivity index (χ1n) is 10.6. The van der Waals surface area contributed by atoms with E-state index in [1.54, 1.807) is 39.0 Å². The standard InChI is InChI=1S/C23H22BrCl2N5O4/c1-11(2)35-22(32)19-12(3)27-23-28-29-30-31(23)20(19)14-8-15(24)21(18(9-14)33-4)34-10-13-5-6-16(25)17(26)7-13/h5-9,11,20H,10H2,1-4H3,(H,27,28,30). The fourth-order valence-electron chi connectivity index (χ4n) is 3.69. The van der Waals surface area contributed by atoms with Crippen molar-refractivity contribution in [3.8, 4) is 11.5 Å². The lowest BCUT2D eigenvalue weighted by atomic mass is 9.95. The van der Waals surface area contributed by atoms with Gasteiger partial charge in [0.05, 0.1) is 33.3 Å². The number of benzene rings is 2. The number of hydrogen-bond acceptors (Lipinski definition) is 8. The second-order valence-corrected chi connectivity index (χ2v) is 9.71. The van der Waals surface area contributed by atoms with Crippen molar-refractivity contribution in [1.29, 1.82) is 0 Å². The van der Waals surface area contributed by atoms with Gasteiger partial charge < -0.3 is 19.5 Å². The zero-order valence-corrected chi connectivity index (χ0v) is 22.4. The first kappa shape index (κ1) is 25.3. The molecule has 0 saturated carbocycles. The van der Waals surface area contributed by atoms with Crippen molar-refractivity contribution < 1.29 is 19.0 Å². The minimum Gasteiger partial charge on any atom is -0.493 e. The lowest BCUT2D eigenvalue weighted by Crippen LogP contribution is -2.30. The molecule has 0 amide bonds. The molecule has 1 unspecified atom stereocenters. The number of methoxy groups -OCH3 is 1. The van der Waals surface area contributed by atoms with Crippen LogP contribution in [-0.4, -0.2) is 39.4 Å². The number of halogens is 3. The number of nitrogens with one attached hydrogen (secondary N) is 1. The van der Waals surface area contributed by atoms with Crippen LogP contribution in [0.15, 0.2) is 46.1 Å². The van der Waals surface area contributed by atoms with Gasteiger partial charge in [-0.1, -0.05) is 34.4 Å². The van der Waals surface area contributed by atoms with Crippen molar-refractivity contribution in [3.63, 3.8) is 0 Å². The van der Waals surface area contributed by atoms with E-state index in [-0.39, 0.29) is 12.7 Å². The van der Waals surface area contributed by atoms with Crippen LogP contribution >= 0.6 is 39.1 Å². The molecule has 2 aromatic carbocycles. The van der Waals surface area contributed by atoms with Crippen LogP contribution < -0.4 is 14.8 Å². The number of nitrogens with zero attached hydrogens (tertiary/aromatic N) is 4. The third-order valence-corrected chi connectivity index (χ3v) is 6.54. The summed E-state index contributed by atoms with van der Waals surface area (Å²) in [5.41, 5.74) is 2.52. The van der Waals surface area contributed by atoms with Crippen molar-refractivity contribution in [2.45, 2.75) is 39.5 Å². The molecule has 184 valence electrons. The van der Waals surface area contributed by atoms with Gasteiger partial charge in [-0.05, 0) is 82.5 Å². The average Bonchev–Trinajstić information content (AvgIpc) is 3.26. The number of carbonyl (C=O) groups is 1. The Kier molecular flexibility index (Phi) is 7.53. The number of esters is 1. The Morgan fingerprint density at radius 1 is 1.23 bits per heavy atom. The van der Waals surface area contributed by atoms with E-state index >= 15 is 0 Å². The van der Waals surface area contributed by atoms with Crippen LogP contribution in [0.3, 0.4) is 0 Å². The first-order valence-corrected chi connectivity index (χ1v) is 12.1. The molecule has 9 nitrogen and oxygen atoms in total. The molecule has 1 aliphatic heterocycles. The van der Waals surface area contributed by atoms with Gasteiger partial charge in [0.15, 0.2) is 11.5 Å². The molecule has 3 aromatic rings. The average molecular weight is 583 g/mol. The molecule has 35 heavy (non-hydrogen) atoms. The number of ether oxygens (including phenoxy) is 3. The molecule has 1 atom stereocenters. The number of aromatic nitrogens is 4. The van der Waals surface area contributed by atoms with Crippen molar-refractivity contribution in [2.24, 2.45) is 0 Å². The molecule has 1 N–H and O–H groups in total. The van der Waals surface area contributed by atoms with Crippen molar-refractivity contribution in [3.05, 3.63) is 67.2 Å². The van der Waals surface area contributed by atoms with E-state index in [2.05, 4.69) is 36.8 Å². The molecule has 4 rings (SSSR count). The summed E-state index contributed by atoms with van der Waals surface area (Å²) in [6.45, 7) is 5.60. The molecule has 0 fully saturated rings. The third kappa shape index (κ3) is 5.24. The van der Waals surface area contributed by atoms with Gasteiger partial charge in [0.1, 0.15) is 12.6 Å². The zero-order valence-electron chi connectivity index (χ0n) is 19.3. The van der Waals surface area contributed by atoms with Gasteiger partial charge >= 0.3 is 5.97 Å². The maximum Gasteiger partial charge on any atom is 0.338 e. The zero-order chi connectivity index (χ0) is 25.3. The lowest BCUT2D eigenvalue weighted by Gasteiger charge is -2.28. The van der Waals surface area contributed by atoms with E-state index in [9.17, 15) is 4.79 Å². The molecule has 1 aliphatic rings. The minimum atomic E-state index is -0.651. The number of anilines is 1. The SMILES string of the molecule is COc1cc(C2C(C(=O)OC(C)C)=C(C)Nc3nnnn32)cc(Br)c1OCc1ccc(Cl)c(Cl)c1. The lowest BCUT2D eigenvalue weighted by molar-refractivity contribution is -0.143. The van der Waals surface area contributed by atoms with Crippen LogP contribution in [0.4, 0.5) is 5.95 Å². The summed E-state index contributed by atoms with van der Waals surface area (Å²) in [6, 6.07) is 8.26. The van der Waals surface area contributed by atoms with E-state index in [1.165, 1.54) is 11.8 Å². The Bertz CT molecular complexity index is 1310. The van der Waals surface area contributed by atoms with Crippen molar-refractivity contribution in [2.75, 3.05) is 12.4 Å². The van der Waals surface area contributed by atoms with Gasteiger partial charge in [-0.2, -0.15) is 4.68 Å². The Balaban J connectivity index is 1.72. The number of fused-ring (bicyclic) bond motifs is 1. The summed E-state index contributed by atoms with van der Waals surface area (Å²) < 4.78 is 19.3. The van der Waals surface area contributed by atoms with Gasteiger partial charge in [-0.15, -0.1) is 0 Å². The largest absolute Gasteiger partial charge is 0.493 e. The summed E-state index contributed by atoms with van der Waals surface area (Å²) >= 11 is 15.7. The third-order valence-electron chi connectivity index (χ3n) is 5.21. The highest BCUT2D eigenvalue weighted by Gasteiger charge is 2.36. The number of allylic oxidation sites excluding steroid dienone is 1. The summed E-state index contributed by atoms with van der Waals surface area (Å²) in [5, 5.41) is 15.9. The fraction of sp³-hybridized carbons (Fsp3) is 0.304. The quantitative estimate of drug-likeness (QED) is 0.361. The van der Waals surface area contributed by atoms with Gasteiger partial charge in [0.2, 0.25) is 5.95 Å². The predicted octanol–water partition coefficient (Wildman–Crippen LogP) is 5.57. The topological polar surface area (TPSA) is 100 Å². The smallest absolute Gasteiger partial charge is 0.338 e. The summed E-state index contributed by atoms with van der Waals surface area (Å²) in [6.07, 6.45) is -0.294. The van der Waals surface area contributed by atoms with Crippen LogP contribution in [0.2, 0.25) is 10.0 Å². The van der Waals surface area contributed by atoms with E-state index in [4.69, 9.17) is 37.4 Å². The van der Waals surface area contributed by atoms with Crippen LogP contribution in [0.1, 0.15) is 37.9 Å². The molecular weight excluding hydrogens is 561 g/mol. The summed E-state index contributed by atoms with van der Waals surface area (Å²) in [5.74, 6) is 0.881. The van der Waals surface area contributed by atoms with Crippen LogP contribution in [0.5, 0.6) is 11.5 Å². The minimum absolute atomic E-state index is 0.237. The molecule has 0 radical (unpaired) electrons. The molecule has 0 spiro atoms. The highest BCUT2D eigenvalue weighted by molar-refractivity contribution is 9.10. The maximum atomic E-state index is 13.1. The molecule has 2 heterocycles. The molecule has 1 aromatic heterocycles. The van der Waals surface area contributed by atoms with E-state index in [0.29, 0.717) is 48.8 Å². The Morgan fingerprint density at radius 3 is 2.69 bits per heavy atom. The Labute approximate surface area is 220 Å². The van der Waals surface area contributed by atoms with Gasteiger partial charge in [0, 0.05) is 5.70 Å². The number of tetrazole rings is 1. The second kappa shape index (κ2) is 10.4. The summed E-state index contributed by atoms with van der Waals surface area (Å²) in [4.78, 5) is 13.1. The van der Waals surface area contributed by atoms with Crippen molar-refractivity contribution >= 4 is 51.0 Å². The first-order chi connectivity index (χ1) is 16.7. The molecule has 12 heteroatoms. The number of carbonyl (C=O) groups excluding carboxylic acids is 1. The predicted molar refractivity (Wildman–Crippen MR) is 135 cm³/mol. The van der Waals surface area contributed by atoms with Crippen LogP contribution in [0.25, 0.3) is 0 Å². The molecule has 0 bridgehead atoms. The van der Waals surface area contributed by atoms with Crippen molar-refractivity contribution in [1.82, 2.24) is 20.2 Å². The highest BCUT2D eigenvalue weighted by atomic mass is 79.9. The number of rotatable bonds is 7. The van der Waals surface area contributed by atoms with E-state index < -0.39 is 12.0 Å². The highest BCUT2D eigenvalue weighted by Crippen LogP contribution is 2.43. The monoisotopic (exact) mass is 581 g/mol. The maximum absolute atomic E-state index is 13.1. The summed E-state index contributed by atoms with van der Waals surface area (Å²) in [7, 11) is 1.54. The van der Waals surface area contributed by atoms with Gasteiger partial charge in [0.25, 0.3) is 0 Å². The second-order valence-electron chi connectivity index (χ2n) is 8.04. The van der Waals surface area contributed by atoms with E-state index in [0.717, 1.165) is 5.56 Å². The van der Waals surface area contributed by atoms with Gasteiger partial charge in [-0.25, -0.2) is 4.79 Å². The fourth-order valence-corrected chi connectivity index (χ4v) is 4.58. The van der Waals surface area contributed by atoms with Crippen LogP contribution in [0, 0.1) is 0 Å². The Morgan fingerprint density at radius 2 is 2.00 bits per heavy atom. The molecule has 0 aliphatic carbocycles. The normalized spacial score (nSPS) is 15.0. The number of hydrogen-bond donors (Lipinski definition) is 1.